The van der Waals surface area contributed by atoms with E-state index in [2.05, 4.69) is 23.0 Å². The molecule has 0 amide bonds. The Morgan fingerprint density at radius 3 is 2.67 bits per heavy atom. The number of hydrogen-bond acceptors (Lipinski definition) is 3. The van der Waals surface area contributed by atoms with Gasteiger partial charge in [-0.2, -0.15) is 11.3 Å². The second kappa shape index (κ2) is 4.64. The van der Waals surface area contributed by atoms with Gasteiger partial charge in [-0.25, -0.2) is 0 Å². The Labute approximate surface area is 95.6 Å². The van der Waals surface area contributed by atoms with Crippen molar-refractivity contribution < 1.29 is 4.74 Å². The Morgan fingerprint density at radius 1 is 1.40 bits per heavy atom. The molecule has 15 heavy (non-hydrogen) atoms. The van der Waals surface area contributed by atoms with Gasteiger partial charge in [-0.05, 0) is 54.7 Å². The van der Waals surface area contributed by atoms with Crippen LogP contribution in [0.3, 0.4) is 0 Å². The highest BCUT2D eigenvalue weighted by Gasteiger charge is 2.32. The summed E-state index contributed by atoms with van der Waals surface area (Å²) < 4.78 is 5.77. The van der Waals surface area contributed by atoms with Crippen molar-refractivity contribution in [1.29, 1.82) is 0 Å². The molecule has 3 heteroatoms. The van der Waals surface area contributed by atoms with Crippen molar-refractivity contribution in [1.82, 2.24) is 5.32 Å². The van der Waals surface area contributed by atoms with E-state index in [0.29, 0.717) is 0 Å². The van der Waals surface area contributed by atoms with Crippen molar-refractivity contribution in [3.63, 3.8) is 0 Å². The van der Waals surface area contributed by atoms with Gasteiger partial charge >= 0.3 is 0 Å². The standard InChI is InChI=1S/C12H19NOS/c1-10-8-15-9-11(10)7-12(14-2)3-5-13-6-4-12/h8-9,13H,3-7H2,1-2H3. The van der Waals surface area contributed by atoms with E-state index in [1.165, 1.54) is 11.1 Å². The second-order valence-electron chi connectivity index (χ2n) is 4.39. The maximum Gasteiger partial charge on any atom is 0.0743 e. The van der Waals surface area contributed by atoms with Crippen LogP contribution in [0.4, 0.5) is 0 Å². The number of piperidine rings is 1. The van der Waals surface area contributed by atoms with Crippen molar-refractivity contribution in [2.75, 3.05) is 20.2 Å². The molecule has 1 aliphatic rings. The van der Waals surface area contributed by atoms with E-state index in [0.717, 1.165) is 32.4 Å². The average molecular weight is 225 g/mol. The van der Waals surface area contributed by atoms with E-state index in [4.69, 9.17) is 4.74 Å². The smallest absolute Gasteiger partial charge is 0.0743 e. The van der Waals surface area contributed by atoms with Crippen LogP contribution in [0.2, 0.25) is 0 Å². The molecule has 1 aliphatic heterocycles. The fraction of sp³-hybridized carbons (Fsp3) is 0.667. The molecule has 0 aliphatic carbocycles. The molecule has 2 nitrogen and oxygen atoms in total. The second-order valence-corrected chi connectivity index (χ2v) is 5.14. The summed E-state index contributed by atoms with van der Waals surface area (Å²) in [6.45, 7) is 4.35. The summed E-state index contributed by atoms with van der Waals surface area (Å²) in [5.41, 5.74) is 2.95. The summed E-state index contributed by atoms with van der Waals surface area (Å²) in [5, 5.41) is 7.87. The number of methoxy groups -OCH3 is 1. The Kier molecular flexibility index (Phi) is 3.44. The zero-order chi connectivity index (χ0) is 10.7. The predicted molar refractivity (Wildman–Crippen MR) is 64.6 cm³/mol. The number of hydrogen-bond donors (Lipinski definition) is 1. The molecule has 1 aromatic rings. The molecular weight excluding hydrogens is 206 g/mol. The van der Waals surface area contributed by atoms with Crippen LogP contribution in [0.1, 0.15) is 24.0 Å². The first-order valence-electron chi connectivity index (χ1n) is 5.53. The van der Waals surface area contributed by atoms with E-state index in [-0.39, 0.29) is 5.60 Å². The van der Waals surface area contributed by atoms with Crippen LogP contribution in [0.25, 0.3) is 0 Å². The molecule has 2 rings (SSSR count). The van der Waals surface area contributed by atoms with Crippen LogP contribution in [-0.2, 0) is 11.2 Å². The quantitative estimate of drug-likeness (QED) is 0.852. The summed E-state index contributed by atoms with van der Waals surface area (Å²) in [5.74, 6) is 0. The molecule has 0 atom stereocenters. The Balaban J connectivity index is 2.10. The predicted octanol–water partition coefficient (Wildman–Crippen LogP) is 2.37. The minimum atomic E-state index is 0.0804. The van der Waals surface area contributed by atoms with Crippen LogP contribution >= 0.6 is 11.3 Å². The number of thiophene rings is 1. The molecule has 1 saturated heterocycles. The molecule has 0 spiro atoms. The van der Waals surface area contributed by atoms with Crippen LogP contribution in [0.15, 0.2) is 10.8 Å². The number of nitrogens with one attached hydrogen (secondary N) is 1. The van der Waals surface area contributed by atoms with Crippen molar-refractivity contribution in [3.05, 3.63) is 21.9 Å². The third-order valence-electron chi connectivity index (χ3n) is 3.42. The molecule has 1 fully saturated rings. The third kappa shape index (κ3) is 2.41. The van der Waals surface area contributed by atoms with E-state index >= 15 is 0 Å². The minimum absolute atomic E-state index is 0.0804. The van der Waals surface area contributed by atoms with Gasteiger partial charge in [0, 0.05) is 13.5 Å². The van der Waals surface area contributed by atoms with Crippen LogP contribution < -0.4 is 5.32 Å². The number of aryl methyl sites for hydroxylation is 1. The maximum atomic E-state index is 5.77. The van der Waals surface area contributed by atoms with Crippen LogP contribution in [0, 0.1) is 6.92 Å². The SMILES string of the molecule is COC1(Cc2cscc2C)CCNCC1. The molecule has 2 heterocycles. The van der Waals surface area contributed by atoms with Gasteiger partial charge < -0.3 is 10.1 Å². The van der Waals surface area contributed by atoms with Gasteiger partial charge in [0.2, 0.25) is 0 Å². The third-order valence-corrected chi connectivity index (χ3v) is 4.33. The molecular formula is C12H19NOS. The number of rotatable bonds is 3. The first-order chi connectivity index (χ1) is 7.26. The van der Waals surface area contributed by atoms with Crippen molar-refractivity contribution in [3.8, 4) is 0 Å². The molecule has 0 saturated carbocycles. The van der Waals surface area contributed by atoms with Crippen LogP contribution in [-0.4, -0.2) is 25.8 Å². The van der Waals surface area contributed by atoms with Gasteiger partial charge in [0.05, 0.1) is 5.60 Å². The zero-order valence-electron chi connectivity index (χ0n) is 9.51. The maximum absolute atomic E-state index is 5.77. The molecule has 0 bridgehead atoms. The molecule has 0 unspecified atom stereocenters. The molecule has 84 valence electrons. The normalized spacial score (nSPS) is 20.4. The van der Waals surface area contributed by atoms with Crippen LogP contribution in [0.5, 0.6) is 0 Å². The van der Waals surface area contributed by atoms with E-state index in [9.17, 15) is 0 Å². The van der Waals surface area contributed by atoms with E-state index in [1.54, 1.807) is 11.3 Å². The van der Waals surface area contributed by atoms with E-state index < -0.39 is 0 Å². The zero-order valence-corrected chi connectivity index (χ0v) is 10.3. The Hall–Kier alpha value is -0.380. The Bertz CT molecular complexity index is 315. The van der Waals surface area contributed by atoms with Crippen molar-refractivity contribution >= 4 is 11.3 Å². The first kappa shape index (κ1) is 11.1. The fourth-order valence-corrected chi connectivity index (χ4v) is 3.11. The lowest BCUT2D eigenvalue weighted by Crippen LogP contribution is -2.45. The summed E-state index contributed by atoms with van der Waals surface area (Å²) >= 11 is 1.79. The summed E-state index contributed by atoms with van der Waals surface area (Å²) in [4.78, 5) is 0. The van der Waals surface area contributed by atoms with E-state index in [1.807, 2.05) is 7.11 Å². The molecule has 0 aromatic carbocycles. The highest BCUT2D eigenvalue weighted by Crippen LogP contribution is 2.29. The molecule has 1 aromatic heterocycles. The Morgan fingerprint density at radius 2 is 2.13 bits per heavy atom. The molecule has 1 N–H and O–H groups in total. The largest absolute Gasteiger partial charge is 0.378 e. The lowest BCUT2D eigenvalue weighted by atomic mass is 9.85. The highest BCUT2D eigenvalue weighted by molar-refractivity contribution is 7.08. The summed E-state index contributed by atoms with van der Waals surface area (Å²) in [7, 11) is 1.85. The summed E-state index contributed by atoms with van der Waals surface area (Å²) in [6.07, 6.45) is 3.32. The van der Waals surface area contributed by atoms with Crippen molar-refractivity contribution in [2.45, 2.75) is 31.8 Å². The van der Waals surface area contributed by atoms with Gasteiger partial charge in [0.25, 0.3) is 0 Å². The van der Waals surface area contributed by atoms with Gasteiger partial charge in [-0.15, -0.1) is 0 Å². The first-order valence-corrected chi connectivity index (χ1v) is 6.48. The molecule has 0 radical (unpaired) electrons. The minimum Gasteiger partial charge on any atom is -0.378 e. The van der Waals surface area contributed by atoms with Gasteiger partial charge in [-0.3, -0.25) is 0 Å². The van der Waals surface area contributed by atoms with Crippen molar-refractivity contribution in [2.24, 2.45) is 0 Å². The van der Waals surface area contributed by atoms with Gasteiger partial charge in [0.15, 0.2) is 0 Å². The monoisotopic (exact) mass is 225 g/mol. The van der Waals surface area contributed by atoms with Gasteiger partial charge in [0.1, 0.15) is 0 Å². The van der Waals surface area contributed by atoms with Gasteiger partial charge in [-0.1, -0.05) is 0 Å². The highest BCUT2D eigenvalue weighted by atomic mass is 32.1. The topological polar surface area (TPSA) is 21.3 Å². The lowest BCUT2D eigenvalue weighted by molar-refractivity contribution is -0.0333. The fourth-order valence-electron chi connectivity index (χ4n) is 2.25. The summed E-state index contributed by atoms with van der Waals surface area (Å²) in [6, 6.07) is 0. The average Bonchev–Trinajstić information content (AvgIpc) is 2.66. The number of ether oxygens (including phenoxy) is 1. The lowest BCUT2D eigenvalue weighted by Gasteiger charge is -2.36.